The van der Waals surface area contributed by atoms with E-state index in [2.05, 4.69) is 41.2 Å². The number of hydrogen-bond donors (Lipinski definition) is 1. The Kier molecular flexibility index (Phi) is 10.2. The second kappa shape index (κ2) is 11.9. The number of pyridine rings is 1. The summed E-state index contributed by atoms with van der Waals surface area (Å²) in [7, 11) is 0. The molecule has 0 saturated carbocycles. The summed E-state index contributed by atoms with van der Waals surface area (Å²) in [6, 6.07) is 6.16. The molecule has 3 nitrogen and oxygen atoms in total. The number of rotatable bonds is 12. The number of nitrogens with one attached hydrogen (secondary N) is 1. The van der Waals surface area contributed by atoms with E-state index in [1.807, 2.05) is 12.3 Å². The average Bonchev–Trinajstić information content (AvgIpc) is 2.49. The standard InChI is InChI=1S/C17H31N3/c1-3-12-18-13-8-5-6-10-15-20(4-2)16-17-11-7-9-14-19-17/h7,9,11,14,18H,3-6,8,10,12-13,15-16H2,1-2H3. The van der Waals surface area contributed by atoms with Gasteiger partial charge in [0.05, 0.1) is 5.69 Å². The van der Waals surface area contributed by atoms with Crippen LogP contribution in [0.4, 0.5) is 0 Å². The molecule has 0 atom stereocenters. The van der Waals surface area contributed by atoms with E-state index in [9.17, 15) is 0 Å². The quantitative estimate of drug-likeness (QED) is 0.593. The Morgan fingerprint density at radius 2 is 1.90 bits per heavy atom. The molecule has 114 valence electrons. The molecule has 1 rings (SSSR count). The fourth-order valence-electron chi connectivity index (χ4n) is 2.31. The summed E-state index contributed by atoms with van der Waals surface area (Å²) in [5, 5.41) is 3.46. The van der Waals surface area contributed by atoms with Crippen LogP contribution in [-0.2, 0) is 6.54 Å². The summed E-state index contributed by atoms with van der Waals surface area (Å²) in [5.41, 5.74) is 1.18. The van der Waals surface area contributed by atoms with Gasteiger partial charge in [-0.05, 0) is 57.6 Å². The van der Waals surface area contributed by atoms with Gasteiger partial charge in [-0.1, -0.05) is 32.8 Å². The Morgan fingerprint density at radius 3 is 2.60 bits per heavy atom. The van der Waals surface area contributed by atoms with Crippen LogP contribution in [0.2, 0.25) is 0 Å². The molecule has 3 heteroatoms. The summed E-state index contributed by atoms with van der Waals surface area (Å²) in [4.78, 5) is 6.89. The Balaban J connectivity index is 2.04. The molecule has 1 aromatic rings. The summed E-state index contributed by atoms with van der Waals surface area (Å²) in [6.07, 6.45) is 8.41. The molecule has 20 heavy (non-hydrogen) atoms. The fraction of sp³-hybridized carbons (Fsp3) is 0.706. The van der Waals surface area contributed by atoms with E-state index in [1.54, 1.807) is 0 Å². The number of aromatic nitrogens is 1. The summed E-state index contributed by atoms with van der Waals surface area (Å²) >= 11 is 0. The van der Waals surface area contributed by atoms with Crippen molar-refractivity contribution in [3.05, 3.63) is 30.1 Å². The first-order chi connectivity index (χ1) is 9.86. The van der Waals surface area contributed by atoms with Crippen LogP contribution in [0, 0.1) is 0 Å². The third kappa shape index (κ3) is 8.28. The van der Waals surface area contributed by atoms with Crippen LogP contribution in [0.3, 0.4) is 0 Å². The van der Waals surface area contributed by atoms with Crippen molar-refractivity contribution in [1.29, 1.82) is 0 Å². The van der Waals surface area contributed by atoms with E-state index in [1.165, 1.54) is 50.9 Å². The molecule has 1 aromatic heterocycles. The van der Waals surface area contributed by atoms with Crippen LogP contribution in [0.1, 0.15) is 51.6 Å². The molecular weight excluding hydrogens is 246 g/mol. The van der Waals surface area contributed by atoms with Crippen molar-refractivity contribution in [2.24, 2.45) is 0 Å². The molecular formula is C17H31N3. The van der Waals surface area contributed by atoms with Crippen molar-refractivity contribution in [1.82, 2.24) is 15.2 Å². The molecule has 0 aliphatic heterocycles. The third-order valence-electron chi connectivity index (χ3n) is 3.56. The van der Waals surface area contributed by atoms with Crippen LogP contribution in [0.15, 0.2) is 24.4 Å². The van der Waals surface area contributed by atoms with Gasteiger partial charge in [-0.15, -0.1) is 0 Å². The van der Waals surface area contributed by atoms with Crippen molar-refractivity contribution in [2.45, 2.75) is 52.5 Å². The molecule has 0 aliphatic rings. The Labute approximate surface area is 124 Å². The SMILES string of the molecule is CCCNCCCCCCN(CC)Cc1ccccn1. The zero-order valence-electron chi connectivity index (χ0n) is 13.3. The van der Waals surface area contributed by atoms with Crippen molar-refractivity contribution in [2.75, 3.05) is 26.2 Å². The first-order valence-corrected chi connectivity index (χ1v) is 8.19. The van der Waals surface area contributed by atoms with E-state index in [-0.39, 0.29) is 0 Å². The van der Waals surface area contributed by atoms with Gasteiger partial charge in [0.15, 0.2) is 0 Å². The number of hydrogen-bond acceptors (Lipinski definition) is 3. The lowest BCUT2D eigenvalue weighted by molar-refractivity contribution is 0.269. The monoisotopic (exact) mass is 277 g/mol. The lowest BCUT2D eigenvalue weighted by atomic mass is 10.2. The highest BCUT2D eigenvalue weighted by atomic mass is 15.1. The molecule has 0 amide bonds. The Bertz CT molecular complexity index is 313. The maximum absolute atomic E-state index is 4.40. The lowest BCUT2D eigenvalue weighted by Crippen LogP contribution is -2.24. The van der Waals surface area contributed by atoms with E-state index < -0.39 is 0 Å². The minimum Gasteiger partial charge on any atom is -0.317 e. The van der Waals surface area contributed by atoms with Gasteiger partial charge in [0, 0.05) is 12.7 Å². The van der Waals surface area contributed by atoms with Crippen LogP contribution in [-0.4, -0.2) is 36.1 Å². The highest BCUT2D eigenvalue weighted by Gasteiger charge is 2.03. The van der Waals surface area contributed by atoms with Gasteiger partial charge in [-0.3, -0.25) is 9.88 Å². The van der Waals surface area contributed by atoms with Crippen LogP contribution in [0.25, 0.3) is 0 Å². The largest absolute Gasteiger partial charge is 0.317 e. The predicted octanol–water partition coefficient (Wildman–Crippen LogP) is 3.46. The van der Waals surface area contributed by atoms with Crippen molar-refractivity contribution >= 4 is 0 Å². The highest BCUT2D eigenvalue weighted by molar-refractivity contribution is 5.03. The van der Waals surface area contributed by atoms with E-state index >= 15 is 0 Å². The van der Waals surface area contributed by atoms with E-state index in [0.29, 0.717) is 0 Å². The van der Waals surface area contributed by atoms with E-state index in [4.69, 9.17) is 0 Å². The molecule has 0 aliphatic carbocycles. The van der Waals surface area contributed by atoms with Crippen molar-refractivity contribution in [3.63, 3.8) is 0 Å². The fourth-order valence-corrected chi connectivity index (χ4v) is 2.31. The molecule has 0 bridgehead atoms. The van der Waals surface area contributed by atoms with Gasteiger partial charge < -0.3 is 5.32 Å². The summed E-state index contributed by atoms with van der Waals surface area (Å²) in [6.45, 7) is 10.1. The maximum atomic E-state index is 4.40. The molecule has 1 N–H and O–H groups in total. The summed E-state index contributed by atoms with van der Waals surface area (Å²) in [5.74, 6) is 0. The topological polar surface area (TPSA) is 28.2 Å². The van der Waals surface area contributed by atoms with Crippen molar-refractivity contribution < 1.29 is 0 Å². The Hall–Kier alpha value is -0.930. The number of unbranched alkanes of at least 4 members (excludes halogenated alkanes) is 3. The van der Waals surface area contributed by atoms with Gasteiger partial charge >= 0.3 is 0 Å². The first kappa shape index (κ1) is 17.1. The van der Waals surface area contributed by atoms with E-state index in [0.717, 1.165) is 19.6 Å². The molecule has 0 fully saturated rings. The second-order valence-corrected chi connectivity index (χ2v) is 5.35. The van der Waals surface area contributed by atoms with Gasteiger partial charge in [0.1, 0.15) is 0 Å². The normalized spacial score (nSPS) is 11.2. The van der Waals surface area contributed by atoms with Crippen LogP contribution >= 0.6 is 0 Å². The zero-order chi connectivity index (χ0) is 14.5. The molecule has 0 unspecified atom stereocenters. The molecule has 0 aromatic carbocycles. The number of nitrogens with zero attached hydrogens (tertiary/aromatic N) is 2. The molecule has 0 spiro atoms. The predicted molar refractivity (Wildman–Crippen MR) is 86.8 cm³/mol. The smallest absolute Gasteiger partial charge is 0.0543 e. The van der Waals surface area contributed by atoms with Crippen LogP contribution in [0.5, 0.6) is 0 Å². The van der Waals surface area contributed by atoms with Gasteiger partial charge in [-0.25, -0.2) is 0 Å². The first-order valence-electron chi connectivity index (χ1n) is 8.19. The summed E-state index contributed by atoms with van der Waals surface area (Å²) < 4.78 is 0. The zero-order valence-corrected chi connectivity index (χ0v) is 13.3. The van der Waals surface area contributed by atoms with Gasteiger partial charge in [0.25, 0.3) is 0 Å². The average molecular weight is 277 g/mol. The third-order valence-corrected chi connectivity index (χ3v) is 3.56. The minimum absolute atomic E-state index is 0.982. The second-order valence-electron chi connectivity index (χ2n) is 5.35. The van der Waals surface area contributed by atoms with Crippen LogP contribution < -0.4 is 5.32 Å². The minimum atomic E-state index is 0.982. The maximum Gasteiger partial charge on any atom is 0.0543 e. The highest BCUT2D eigenvalue weighted by Crippen LogP contribution is 2.05. The molecule has 1 heterocycles. The Morgan fingerprint density at radius 1 is 1.05 bits per heavy atom. The van der Waals surface area contributed by atoms with Gasteiger partial charge in [-0.2, -0.15) is 0 Å². The van der Waals surface area contributed by atoms with Crippen molar-refractivity contribution in [3.8, 4) is 0 Å². The molecule has 0 radical (unpaired) electrons. The molecule has 0 saturated heterocycles. The van der Waals surface area contributed by atoms with Gasteiger partial charge in [0.2, 0.25) is 0 Å². The lowest BCUT2D eigenvalue weighted by Gasteiger charge is -2.19.